The molecule has 4 N–H and O–H groups in total. The number of anilines is 1. The highest BCUT2D eigenvalue weighted by Gasteiger charge is 2.11. The number of ether oxygens (including phenoxy) is 3. The third kappa shape index (κ3) is 3.33. The Hall–Kier alpha value is -2.96. The minimum Gasteiger partial charge on any atom is -0.497 e. The average molecular weight is 289 g/mol. The molecule has 7 heteroatoms. The largest absolute Gasteiger partial charge is 0.497 e. The van der Waals surface area contributed by atoms with Crippen LogP contribution in [0.5, 0.6) is 23.3 Å². The maximum absolute atomic E-state index is 11.3. The number of pyridine rings is 1. The molecule has 21 heavy (non-hydrogen) atoms. The van der Waals surface area contributed by atoms with Crippen molar-refractivity contribution in [3.8, 4) is 23.3 Å². The monoisotopic (exact) mass is 289 g/mol. The first-order chi connectivity index (χ1) is 10.0. The fourth-order valence-electron chi connectivity index (χ4n) is 1.63. The number of nitrogens with two attached hydrogens (primary N) is 2. The maximum Gasteiger partial charge on any atom is 0.248 e. The molecule has 1 aromatic heterocycles. The second-order valence-corrected chi connectivity index (χ2v) is 4.11. The van der Waals surface area contributed by atoms with Crippen LogP contribution in [0.2, 0.25) is 0 Å². The zero-order valence-electron chi connectivity index (χ0n) is 11.6. The van der Waals surface area contributed by atoms with Gasteiger partial charge in [-0.05, 0) is 18.2 Å². The van der Waals surface area contributed by atoms with Gasteiger partial charge in [0, 0.05) is 17.7 Å². The molecule has 0 atom stereocenters. The molecule has 0 bridgehead atoms. The highest BCUT2D eigenvalue weighted by Crippen LogP contribution is 2.30. The Morgan fingerprint density at radius 3 is 2.43 bits per heavy atom. The average Bonchev–Trinajstić information content (AvgIpc) is 2.49. The third-order valence-corrected chi connectivity index (χ3v) is 2.69. The van der Waals surface area contributed by atoms with Gasteiger partial charge in [-0.25, -0.2) is 0 Å². The molecule has 0 saturated heterocycles. The predicted molar refractivity (Wildman–Crippen MR) is 76.8 cm³/mol. The molecule has 2 rings (SSSR count). The topological polar surface area (TPSA) is 110 Å². The van der Waals surface area contributed by atoms with Crippen LogP contribution in [0.4, 0.5) is 5.69 Å². The van der Waals surface area contributed by atoms with E-state index in [9.17, 15) is 4.79 Å². The summed E-state index contributed by atoms with van der Waals surface area (Å²) in [5.41, 5.74) is 11.6. The van der Waals surface area contributed by atoms with Crippen LogP contribution in [0.25, 0.3) is 0 Å². The quantitative estimate of drug-likeness (QED) is 0.864. The van der Waals surface area contributed by atoms with E-state index < -0.39 is 5.91 Å². The second-order valence-electron chi connectivity index (χ2n) is 4.11. The van der Waals surface area contributed by atoms with E-state index in [4.69, 9.17) is 25.7 Å². The number of amides is 1. The van der Waals surface area contributed by atoms with Gasteiger partial charge in [0.15, 0.2) is 0 Å². The summed E-state index contributed by atoms with van der Waals surface area (Å²) in [6, 6.07) is 7.80. The Morgan fingerprint density at radius 2 is 1.81 bits per heavy atom. The molecular weight excluding hydrogens is 274 g/mol. The van der Waals surface area contributed by atoms with Crippen LogP contribution in [0.1, 0.15) is 10.4 Å². The van der Waals surface area contributed by atoms with Gasteiger partial charge in [-0.15, -0.1) is 0 Å². The maximum atomic E-state index is 11.3. The molecule has 0 spiro atoms. The van der Waals surface area contributed by atoms with E-state index in [0.717, 1.165) is 0 Å². The normalized spacial score (nSPS) is 10.0. The van der Waals surface area contributed by atoms with Gasteiger partial charge in [0.2, 0.25) is 17.7 Å². The highest BCUT2D eigenvalue weighted by molar-refractivity contribution is 5.93. The molecule has 110 valence electrons. The highest BCUT2D eigenvalue weighted by atomic mass is 16.5. The fraction of sp³-hybridized carbons (Fsp3) is 0.143. The fourth-order valence-corrected chi connectivity index (χ4v) is 1.63. The van der Waals surface area contributed by atoms with E-state index in [0.29, 0.717) is 23.1 Å². The number of methoxy groups -OCH3 is 2. The molecule has 1 amide bonds. The van der Waals surface area contributed by atoms with E-state index >= 15 is 0 Å². The summed E-state index contributed by atoms with van der Waals surface area (Å²) in [5, 5.41) is 0. The van der Waals surface area contributed by atoms with E-state index in [1.165, 1.54) is 26.4 Å². The van der Waals surface area contributed by atoms with Crippen molar-refractivity contribution in [1.29, 1.82) is 0 Å². The number of primary amides is 1. The lowest BCUT2D eigenvalue weighted by atomic mass is 10.2. The van der Waals surface area contributed by atoms with E-state index in [1.54, 1.807) is 18.2 Å². The Balaban J connectivity index is 2.39. The van der Waals surface area contributed by atoms with Crippen molar-refractivity contribution in [3.05, 3.63) is 35.9 Å². The van der Waals surface area contributed by atoms with E-state index in [1.807, 2.05) is 0 Å². The number of carbonyl (C=O) groups is 1. The predicted octanol–water partition coefficient (Wildman–Crippen LogP) is 1.57. The molecular formula is C14H15N3O4. The molecule has 7 nitrogen and oxygen atoms in total. The first-order valence-corrected chi connectivity index (χ1v) is 6.00. The minimum atomic E-state index is -0.592. The Labute approximate surface area is 121 Å². The summed E-state index contributed by atoms with van der Waals surface area (Å²) >= 11 is 0. The van der Waals surface area contributed by atoms with Gasteiger partial charge in [0.25, 0.3) is 0 Å². The van der Waals surface area contributed by atoms with Crippen LogP contribution in [-0.4, -0.2) is 25.1 Å². The minimum absolute atomic E-state index is 0.165. The summed E-state index contributed by atoms with van der Waals surface area (Å²) in [7, 11) is 2.96. The Bertz CT molecular complexity index is 673. The number of nitrogen functional groups attached to an aromatic ring is 1. The number of rotatable bonds is 5. The molecule has 0 aliphatic heterocycles. The molecule has 0 fully saturated rings. The summed E-state index contributed by atoms with van der Waals surface area (Å²) in [6.45, 7) is 0. The van der Waals surface area contributed by atoms with Gasteiger partial charge in [0.1, 0.15) is 11.5 Å². The number of carbonyl (C=O) groups excluding carboxylic acids is 1. The summed E-state index contributed by atoms with van der Waals surface area (Å²) in [5.74, 6) is 0.693. The van der Waals surface area contributed by atoms with Gasteiger partial charge in [-0.1, -0.05) is 0 Å². The van der Waals surface area contributed by atoms with E-state index in [2.05, 4.69) is 4.98 Å². The van der Waals surface area contributed by atoms with E-state index in [-0.39, 0.29) is 11.4 Å². The zero-order chi connectivity index (χ0) is 15.4. The molecule has 0 radical (unpaired) electrons. The lowest BCUT2D eigenvalue weighted by Gasteiger charge is -2.11. The number of aromatic nitrogens is 1. The lowest BCUT2D eigenvalue weighted by Crippen LogP contribution is -2.11. The van der Waals surface area contributed by atoms with Crippen molar-refractivity contribution in [1.82, 2.24) is 4.98 Å². The van der Waals surface area contributed by atoms with Crippen LogP contribution in [0.15, 0.2) is 30.3 Å². The molecule has 0 saturated carbocycles. The van der Waals surface area contributed by atoms with Crippen LogP contribution in [0.3, 0.4) is 0 Å². The second kappa shape index (κ2) is 6.00. The van der Waals surface area contributed by atoms with Crippen molar-refractivity contribution in [3.63, 3.8) is 0 Å². The molecule has 1 aromatic carbocycles. The first-order valence-electron chi connectivity index (χ1n) is 6.00. The standard InChI is InChI=1S/C14H15N3O4/c1-19-9-5-8(13(16)18)6-10(7-9)21-14-11(15)3-4-12(17-14)20-2/h3-7H,15H2,1-2H3,(H2,16,18). The van der Waals surface area contributed by atoms with Crippen LogP contribution in [-0.2, 0) is 0 Å². The third-order valence-electron chi connectivity index (χ3n) is 2.69. The SMILES string of the molecule is COc1cc(Oc2nc(OC)ccc2N)cc(C(N)=O)c1. The molecule has 2 aromatic rings. The lowest BCUT2D eigenvalue weighted by molar-refractivity contribution is 0.0999. The Morgan fingerprint density at radius 1 is 1.10 bits per heavy atom. The van der Waals surface area contributed by atoms with Crippen LogP contribution >= 0.6 is 0 Å². The molecule has 1 heterocycles. The van der Waals surface area contributed by atoms with Gasteiger partial charge in [0.05, 0.1) is 19.9 Å². The summed E-state index contributed by atoms with van der Waals surface area (Å²) < 4.78 is 15.7. The van der Waals surface area contributed by atoms with Crippen molar-refractivity contribution in [2.24, 2.45) is 5.73 Å². The summed E-state index contributed by atoms with van der Waals surface area (Å²) in [6.07, 6.45) is 0. The van der Waals surface area contributed by atoms with Crippen molar-refractivity contribution >= 4 is 11.6 Å². The zero-order valence-corrected chi connectivity index (χ0v) is 11.6. The summed E-state index contributed by atoms with van der Waals surface area (Å²) in [4.78, 5) is 15.4. The van der Waals surface area contributed by atoms with Gasteiger partial charge >= 0.3 is 0 Å². The molecule has 0 aliphatic rings. The Kier molecular flexibility index (Phi) is 4.13. The van der Waals surface area contributed by atoms with Crippen LogP contribution < -0.4 is 25.7 Å². The van der Waals surface area contributed by atoms with Crippen molar-refractivity contribution in [2.75, 3.05) is 20.0 Å². The molecule has 0 unspecified atom stereocenters. The number of hydrogen-bond donors (Lipinski definition) is 2. The first kappa shape index (κ1) is 14.4. The molecule has 0 aliphatic carbocycles. The van der Waals surface area contributed by atoms with Gasteiger partial charge in [-0.2, -0.15) is 4.98 Å². The number of benzene rings is 1. The van der Waals surface area contributed by atoms with Crippen molar-refractivity contribution < 1.29 is 19.0 Å². The smallest absolute Gasteiger partial charge is 0.248 e. The number of hydrogen-bond acceptors (Lipinski definition) is 6. The van der Waals surface area contributed by atoms with Gasteiger partial charge < -0.3 is 25.7 Å². The van der Waals surface area contributed by atoms with Gasteiger partial charge in [-0.3, -0.25) is 4.79 Å². The number of nitrogens with zero attached hydrogens (tertiary/aromatic N) is 1. The van der Waals surface area contributed by atoms with Crippen molar-refractivity contribution in [2.45, 2.75) is 0 Å². The van der Waals surface area contributed by atoms with Crippen LogP contribution in [0, 0.1) is 0 Å².